The van der Waals surface area contributed by atoms with Crippen LogP contribution in [0.1, 0.15) is 13.3 Å². The van der Waals surface area contributed by atoms with Gasteiger partial charge in [0.2, 0.25) is 11.8 Å². The van der Waals surface area contributed by atoms with Crippen LogP contribution in [-0.4, -0.2) is 24.4 Å². The lowest BCUT2D eigenvalue weighted by molar-refractivity contribution is -0.131. The minimum absolute atomic E-state index is 0.326. The summed E-state index contributed by atoms with van der Waals surface area (Å²) in [5.41, 5.74) is -0.433. The number of anilines is 1. The third kappa shape index (κ3) is 2.40. The number of benzene rings is 1. The number of hydrogen-bond donors (Lipinski definition) is 1. The number of carbonyl (C=O) groups excluding carboxylic acids is 2. The highest BCUT2D eigenvalue weighted by Crippen LogP contribution is 2.24. The molecule has 1 aliphatic heterocycles. The second kappa shape index (κ2) is 4.91. The van der Waals surface area contributed by atoms with Gasteiger partial charge in [-0.3, -0.25) is 14.5 Å². The fourth-order valence-corrected chi connectivity index (χ4v) is 1.91. The number of carbonyl (C=O) groups is 2. The number of rotatable bonds is 2. The van der Waals surface area contributed by atoms with Gasteiger partial charge in [0, 0.05) is 12.1 Å². The van der Waals surface area contributed by atoms with E-state index in [-0.39, 0.29) is 0 Å². The van der Waals surface area contributed by atoms with Crippen LogP contribution in [0.15, 0.2) is 12.1 Å². The molecule has 0 saturated carbocycles. The molecular weight excluding hydrogens is 261 g/mol. The minimum Gasteiger partial charge on any atom is -0.343 e. The van der Waals surface area contributed by atoms with E-state index in [1.54, 1.807) is 6.92 Å². The zero-order valence-corrected chi connectivity index (χ0v) is 10.0. The molecule has 1 atom stereocenters. The Labute approximate surface area is 107 Å². The van der Waals surface area contributed by atoms with E-state index in [1.165, 1.54) is 0 Å². The van der Waals surface area contributed by atoms with E-state index in [0.717, 1.165) is 4.90 Å². The molecule has 1 unspecified atom stereocenters. The maximum Gasteiger partial charge on any atom is 0.250 e. The Morgan fingerprint density at radius 3 is 2.47 bits per heavy atom. The first-order valence-corrected chi connectivity index (χ1v) is 5.69. The molecule has 1 aromatic carbocycles. The van der Waals surface area contributed by atoms with Crippen molar-refractivity contribution in [2.24, 2.45) is 0 Å². The lowest BCUT2D eigenvalue weighted by atomic mass is 10.1. The average molecular weight is 272 g/mol. The molecule has 102 valence electrons. The molecule has 0 aromatic heterocycles. The van der Waals surface area contributed by atoms with Crippen molar-refractivity contribution in [2.45, 2.75) is 19.4 Å². The predicted octanol–water partition coefficient (Wildman–Crippen LogP) is 1.35. The van der Waals surface area contributed by atoms with Gasteiger partial charge in [0.25, 0.3) is 0 Å². The van der Waals surface area contributed by atoms with Crippen molar-refractivity contribution >= 4 is 17.5 Å². The highest BCUT2D eigenvalue weighted by atomic mass is 19.2. The highest BCUT2D eigenvalue weighted by molar-refractivity contribution is 6.06. The van der Waals surface area contributed by atoms with Crippen LogP contribution < -0.4 is 10.2 Å². The zero-order chi connectivity index (χ0) is 14.2. The summed E-state index contributed by atoms with van der Waals surface area (Å²) >= 11 is 0. The van der Waals surface area contributed by atoms with Crippen molar-refractivity contribution in [1.82, 2.24) is 5.32 Å². The zero-order valence-electron chi connectivity index (χ0n) is 10.0. The smallest absolute Gasteiger partial charge is 0.250 e. The summed E-state index contributed by atoms with van der Waals surface area (Å²) < 4.78 is 39.6. The van der Waals surface area contributed by atoms with Crippen LogP contribution in [0, 0.1) is 17.5 Å². The third-order valence-electron chi connectivity index (χ3n) is 2.89. The van der Waals surface area contributed by atoms with Crippen LogP contribution >= 0.6 is 0 Å². The van der Waals surface area contributed by atoms with Crippen molar-refractivity contribution in [2.75, 3.05) is 11.4 Å². The summed E-state index contributed by atoms with van der Waals surface area (Å²) in [5, 5.41) is 2.44. The van der Waals surface area contributed by atoms with Crippen molar-refractivity contribution in [3.63, 3.8) is 0 Å². The first kappa shape index (κ1) is 13.4. The number of piperazine rings is 1. The molecule has 2 amide bonds. The molecule has 2 rings (SSSR count). The van der Waals surface area contributed by atoms with Gasteiger partial charge in [-0.1, -0.05) is 6.92 Å². The Hall–Kier alpha value is -2.05. The summed E-state index contributed by atoms with van der Waals surface area (Å²) in [5.74, 6) is -4.73. The molecule has 7 heteroatoms. The first-order chi connectivity index (χ1) is 8.93. The molecule has 0 bridgehead atoms. The monoisotopic (exact) mass is 272 g/mol. The fraction of sp³-hybridized carbons (Fsp3) is 0.333. The fourth-order valence-electron chi connectivity index (χ4n) is 1.91. The largest absolute Gasteiger partial charge is 0.343 e. The molecule has 1 aliphatic rings. The van der Waals surface area contributed by atoms with Gasteiger partial charge >= 0.3 is 0 Å². The summed E-state index contributed by atoms with van der Waals surface area (Å²) in [4.78, 5) is 24.2. The quantitative estimate of drug-likeness (QED) is 0.826. The van der Waals surface area contributed by atoms with Crippen LogP contribution in [0.3, 0.4) is 0 Å². The lowest BCUT2D eigenvalue weighted by Crippen LogP contribution is -2.58. The van der Waals surface area contributed by atoms with Crippen LogP contribution in [0.2, 0.25) is 0 Å². The van der Waals surface area contributed by atoms with E-state index >= 15 is 0 Å². The average Bonchev–Trinajstić information content (AvgIpc) is 2.36. The van der Waals surface area contributed by atoms with Gasteiger partial charge in [0.05, 0.1) is 5.69 Å². The Balaban J connectivity index is 2.42. The Kier molecular flexibility index (Phi) is 3.46. The highest BCUT2D eigenvalue weighted by Gasteiger charge is 2.34. The van der Waals surface area contributed by atoms with E-state index in [1.807, 2.05) is 0 Å². The maximum absolute atomic E-state index is 13.6. The summed E-state index contributed by atoms with van der Waals surface area (Å²) in [7, 11) is 0. The second-order valence-electron chi connectivity index (χ2n) is 4.17. The molecular formula is C12H11F3N2O2. The molecule has 1 saturated heterocycles. The van der Waals surface area contributed by atoms with Crippen molar-refractivity contribution < 1.29 is 22.8 Å². The molecule has 4 nitrogen and oxygen atoms in total. The van der Waals surface area contributed by atoms with Gasteiger partial charge in [0.1, 0.15) is 18.4 Å². The minimum atomic E-state index is -1.35. The van der Waals surface area contributed by atoms with E-state index in [2.05, 4.69) is 5.32 Å². The van der Waals surface area contributed by atoms with Crippen molar-refractivity contribution in [1.29, 1.82) is 0 Å². The van der Waals surface area contributed by atoms with E-state index < -0.39 is 47.5 Å². The van der Waals surface area contributed by atoms with Crippen LogP contribution in [-0.2, 0) is 9.59 Å². The van der Waals surface area contributed by atoms with Crippen molar-refractivity contribution in [3.8, 4) is 0 Å². The number of halogens is 3. The van der Waals surface area contributed by atoms with Crippen LogP contribution in [0.25, 0.3) is 0 Å². The summed E-state index contributed by atoms with van der Waals surface area (Å²) in [6, 6.07) is 0.146. The molecule has 0 aliphatic carbocycles. The Morgan fingerprint density at radius 2 is 1.84 bits per heavy atom. The maximum atomic E-state index is 13.6. The SMILES string of the molecule is CCC1NC(=O)CN(c2cc(F)c(F)cc2F)C1=O. The molecule has 0 radical (unpaired) electrons. The van der Waals surface area contributed by atoms with Gasteiger partial charge in [-0.25, -0.2) is 13.2 Å². The number of amides is 2. The standard InChI is InChI=1S/C12H11F3N2O2/c1-2-9-12(19)17(5-11(18)16-9)10-4-7(14)6(13)3-8(10)15/h3-4,9H,2,5H2,1H3,(H,16,18). The second-order valence-corrected chi connectivity index (χ2v) is 4.17. The summed E-state index contributed by atoms with van der Waals surface area (Å²) in [6.45, 7) is 1.26. The molecule has 1 heterocycles. The Bertz CT molecular complexity index is 548. The van der Waals surface area contributed by atoms with Gasteiger partial charge in [-0.2, -0.15) is 0 Å². The molecule has 1 N–H and O–H groups in total. The van der Waals surface area contributed by atoms with Crippen LogP contribution in [0.4, 0.5) is 18.9 Å². The molecule has 1 fully saturated rings. The Morgan fingerprint density at radius 1 is 1.21 bits per heavy atom. The van der Waals surface area contributed by atoms with Gasteiger partial charge < -0.3 is 5.32 Å². The van der Waals surface area contributed by atoms with Gasteiger partial charge in [-0.15, -0.1) is 0 Å². The van der Waals surface area contributed by atoms with E-state index in [0.29, 0.717) is 18.6 Å². The first-order valence-electron chi connectivity index (χ1n) is 5.69. The predicted molar refractivity (Wildman–Crippen MR) is 60.9 cm³/mol. The number of hydrogen-bond acceptors (Lipinski definition) is 2. The molecule has 1 aromatic rings. The normalized spacial score (nSPS) is 19.6. The lowest BCUT2D eigenvalue weighted by Gasteiger charge is -2.32. The summed E-state index contributed by atoms with van der Waals surface area (Å²) in [6.07, 6.45) is 0.326. The molecule has 19 heavy (non-hydrogen) atoms. The van der Waals surface area contributed by atoms with Gasteiger partial charge in [0.15, 0.2) is 11.6 Å². The van der Waals surface area contributed by atoms with E-state index in [4.69, 9.17) is 0 Å². The van der Waals surface area contributed by atoms with Gasteiger partial charge in [-0.05, 0) is 6.42 Å². The number of nitrogens with zero attached hydrogens (tertiary/aromatic N) is 1. The van der Waals surface area contributed by atoms with Crippen molar-refractivity contribution in [3.05, 3.63) is 29.6 Å². The van der Waals surface area contributed by atoms with Crippen LogP contribution in [0.5, 0.6) is 0 Å². The van der Waals surface area contributed by atoms with E-state index in [9.17, 15) is 22.8 Å². The number of nitrogens with one attached hydrogen (secondary N) is 1. The third-order valence-corrected chi connectivity index (χ3v) is 2.89. The topological polar surface area (TPSA) is 49.4 Å². The molecule has 0 spiro atoms.